The molecule has 0 radical (unpaired) electrons. The zero-order valence-electron chi connectivity index (χ0n) is 13.2. The van der Waals surface area contributed by atoms with Crippen molar-refractivity contribution >= 4 is 11.9 Å². The minimum absolute atomic E-state index is 0.0178. The highest BCUT2D eigenvalue weighted by atomic mass is 19.1. The van der Waals surface area contributed by atoms with Gasteiger partial charge in [0.25, 0.3) is 5.91 Å². The van der Waals surface area contributed by atoms with E-state index < -0.39 is 18.2 Å². The molecule has 1 aromatic carbocycles. The van der Waals surface area contributed by atoms with E-state index in [1.54, 1.807) is 17.0 Å². The van der Waals surface area contributed by atoms with E-state index in [1.807, 2.05) is 0 Å². The molecular formula is C17H20FNO5. The lowest BCUT2D eigenvalue weighted by molar-refractivity contribution is -0.155. The molecule has 2 aliphatic heterocycles. The normalized spacial score (nSPS) is 24.8. The molecule has 0 unspecified atom stereocenters. The molecule has 2 saturated heterocycles. The fourth-order valence-electron chi connectivity index (χ4n) is 3.10. The van der Waals surface area contributed by atoms with Crippen molar-refractivity contribution in [1.82, 2.24) is 4.90 Å². The monoisotopic (exact) mass is 337 g/mol. The Bertz CT molecular complexity index is 598. The molecule has 0 saturated carbocycles. The first-order chi connectivity index (χ1) is 11.5. The number of aliphatic carboxylic acids is 1. The van der Waals surface area contributed by atoms with Crippen LogP contribution >= 0.6 is 0 Å². The molecule has 0 spiro atoms. The number of carboxylic acids is 1. The lowest BCUT2D eigenvalue weighted by atomic mass is 10.1. The van der Waals surface area contributed by atoms with Gasteiger partial charge in [-0.15, -0.1) is 0 Å². The highest BCUT2D eigenvalue weighted by Crippen LogP contribution is 2.24. The summed E-state index contributed by atoms with van der Waals surface area (Å²) >= 11 is 0. The van der Waals surface area contributed by atoms with Crippen LogP contribution in [0.5, 0.6) is 5.75 Å². The molecule has 24 heavy (non-hydrogen) atoms. The third-order valence-electron chi connectivity index (χ3n) is 4.44. The molecular weight excluding hydrogens is 317 g/mol. The Kier molecular flexibility index (Phi) is 4.99. The van der Waals surface area contributed by atoms with Crippen LogP contribution in [0.3, 0.4) is 0 Å². The SMILES string of the molecule is O=C(O)[C@H]1CC[C@@H](C(=O)N2CCC(Oc3ccc(F)cc3)CC2)O1. The fourth-order valence-corrected chi connectivity index (χ4v) is 3.10. The molecule has 1 amide bonds. The summed E-state index contributed by atoms with van der Waals surface area (Å²) in [5, 5.41) is 8.93. The second-order valence-electron chi connectivity index (χ2n) is 6.13. The van der Waals surface area contributed by atoms with Gasteiger partial charge in [0.15, 0.2) is 6.10 Å². The van der Waals surface area contributed by atoms with Crippen molar-refractivity contribution in [3.63, 3.8) is 0 Å². The molecule has 2 atom stereocenters. The molecule has 0 aromatic heterocycles. The quantitative estimate of drug-likeness (QED) is 0.907. The Morgan fingerprint density at radius 1 is 1.08 bits per heavy atom. The molecule has 0 bridgehead atoms. The van der Waals surface area contributed by atoms with Crippen molar-refractivity contribution in [3.05, 3.63) is 30.1 Å². The van der Waals surface area contributed by atoms with Crippen LogP contribution in [0.4, 0.5) is 4.39 Å². The lowest BCUT2D eigenvalue weighted by Gasteiger charge is -2.33. The number of halogens is 1. The molecule has 1 aromatic rings. The maximum Gasteiger partial charge on any atom is 0.332 e. The van der Waals surface area contributed by atoms with Crippen LogP contribution in [-0.4, -0.2) is 53.3 Å². The summed E-state index contributed by atoms with van der Waals surface area (Å²) in [7, 11) is 0. The smallest absolute Gasteiger partial charge is 0.332 e. The van der Waals surface area contributed by atoms with Crippen LogP contribution in [0.2, 0.25) is 0 Å². The van der Waals surface area contributed by atoms with E-state index in [0.29, 0.717) is 44.5 Å². The first-order valence-corrected chi connectivity index (χ1v) is 8.12. The number of piperidine rings is 1. The first kappa shape index (κ1) is 16.7. The van der Waals surface area contributed by atoms with Crippen LogP contribution in [0.15, 0.2) is 24.3 Å². The molecule has 1 N–H and O–H groups in total. The number of carbonyl (C=O) groups excluding carboxylic acids is 1. The van der Waals surface area contributed by atoms with E-state index in [4.69, 9.17) is 14.6 Å². The molecule has 2 heterocycles. The van der Waals surface area contributed by atoms with E-state index in [-0.39, 0.29) is 17.8 Å². The average molecular weight is 337 g/mol. The van der Waals surface area contributed by atoms with Crippen molar-refractivity contribution in [2.75, 3.05) is 13.1 Å². The second-order valence-corrected chi connectivity index (χ2v) is 6.13. The van der Waals surface area contributed by atoms with Gasteiger partial charge in [-0.1, -0.05) is 0 Å². The van der Waals surface area contributed by atoms with Crippen molar-refractivity contribution < 1.29 is 28.6 Å². The second kappa shape index (κ2) is 7.17. The summed E-state index contributed by atoms with van der Waals surface area (Å²) in [6.07, 6.45) is 0.628. The number of hydrogen-bond donors (Lipinski definition) is 1. The standard InChI is InChI=1S/C17H20FNO5/c18-11-1-3-12(4-2-11)23-13-7-9-19(10-8-13)16(20)14-5-6-15(24-14)17(21)22/h1-4,13-15H,5-10H2,(H,21,22)/t14-,15+/m0/s1. The number of ether oxygens (including phenoxy) is 2. The number of rotatable bonds is 4. The topological polar surface area (TPSA) is 76.1 Å². The Hall–Kier alpha value is -2.15. The summed E-state index contributed by atoms with van der Waals surface area (Å²) in [6, 6.07) is 5.88. The number of nitrogens with zero attached hydrogens (tertiary/aromatic N) is 1. The number of benzene rings is 1. The Morgan fingerprint density at radius 3 is 2.29 bits per heavy atom. The van der Waals surface area contributed by atoms with Crippen LogP contribution in [-0.2, 0) is 14.3 Å². The van der Waals surface area contributed by atoms with Gasteiger partial charge in [-0.05, 0) is 37.1 Å². The summed E-state index contributed by atoms with van der Waals surface area (Å²) < 4.78 is 24.0. The van der Waals surface area contributed by atoms with Gasteiger partial charge in [0.1, 0.15) is 23.8 Å². The summed E-state index contributed by atoms with van der Waals surface area (Å²) in [5.74, 6) is -0.848. The number of hydrogen-bond acceptors (Lipinski definition) is 4. The number of amides is 1. The van der Waals surface area contributed by atoms with Gasteiger partial charge in [-0.25, -0.2) is 9.18 Å². The summed E-state index contributed by atoms with van der Waals surface area (Å²) in [6.45, 7) is 1.09. The zero-order valence-corrected chi connectivity index (χ0v) is 13.2. The van der Waals surface area contributed by atoms with E-state index in [1.165, 1.54) is 12.1 Å². The molecule has 7 heteroatoms. The molecule has 3 rings (SSSR count). The number of carbonyl (C=O) groups is 2. The highest BCUT2D eigenvalue weighted by Gasteiger charge is 2.37. The maximum atomic E-state index is 12.9. The van der Waals surface area contributed by atoms with Gasteiger partial charge in [0.2, 0.25) is 0 Å². The van der Waals surface area contributed by atoms with Gasteiger partial charge in [0.05, 0.1) is 0 Å². The van der Waals surface area contributed by atoms with Gasteiger partial charge in [0, 0.05) is 25.9 Å². The van der Waals surface area contributed by atoms with Gasteiger partial charge < -0.3 is 19.5 Å². The van der Waals surface area contributed by atoms with E-state index in [9.17, 15) is 14.0 Å². The number of likely N-dealkylation sites (tertiary alicyclic amines) is 1. The van der Waals surface area contributed by atoms with Crippen molar-refractivity contribution in [3.8, 4) is 5.75 Å². The van der Waals surface area contributed by atoms with Gasteiger partial charge in [-0.2, -0.15) is 0 Å². The number of carboxylic acid groups (broad SMARTS) is 1. The minimum atomic E-state index is -1.02. The zero-order chi connectivity index (χ0) is 17.1. The summed E-state index contributed by atoms with van der Waals surface area (Å²) in [4.78, 5) is 25.0. The van der Waals surface area contributed by atoms with Gasteiger partial charge in [-0.3, -0.25) is 4.79 Å². The third-order valence-corrected chi connectivity index (χ3v) is 4.44. The van der Waals surface area contributed by atoms with Crippen LogP contribution < -0.4 is 4.74 Å². The minimum Gasteiger partial charge on any atom is -0.490 e. The van der Waals surface area contributed by atoms with Gasteiger partial charge >= 0.3 is 5.97 Å². The van der Waals surface area contributed by atoms with Crippen LogP contribution in [0, 0.1) is 5.82 Å². The molecule has 2 fully saturated rings. The Morgan fingerprint density at radius 2 is 1.71 bits per heavy atom. The highest BCUT2D eigenvalue weighted by molar-refractivity contribution is 5.82. The van der Waals surface area contributed by atoms with E-state index in [0.717, 1.165) is 0 Å². The van der Waals surface area contributed by atoms with Crippen molar-refractivity contribution in [2.45, 2.75) is 44.0 Å². The average Bonchev–Trinajstić information content (AvgIpc) is 3.07. The van der Waals surface area contributed by atoms with Crippen LogP contribution in [0.1, 0.15) is 25.7 Å². The molecule has 0 aliphatic carbocycles. The maximum absolute atomic E-state index is 12.9. The Labute approximate surface area is 139 Å². The van der Waals surface area contributed by atoms with E-state index >= 15 is 0 Å². The molecule has 6 nitrogen and oxygen atoms in total. The predicted molar refractivity (Wildman–Crippen MR) is 82.2 cm³/mol. The van der Waals surface area contributed by atoms with Crippen LogP contribution in [0.25, 0.3) is 0 Å². The lowest BCUT2D eigenvalue weighted by Crippen LogP contribution is -2.46. The summed E-state index contributed by atoms with van der Waals surface area (Å²) in [5.41, 5.74) is 0. The Balaban J connectivity index is 1.47. The first-order valence-electron chi connectivity index (χ1n) is 8.12. The molecule has 2 aliphatic rings. The van der Waals surface area contributed by atoms with E-state index in [2.05, 4.69) is 0 Å². The van der Waals surface area contributed by atoms with Crippen molar-refractivity contribution in [1.29, 1.82) is 0 Å². The van der Waals surface area contributed by atoms with Crippen molar-refractivity contribution in [2.24, 2.45) is 0 Å². The molecule has 130 valence electrons. The predicted octanol–water partition coefficient (Wildman–Crippen LogP) is 1.83. The largest absolute Gasteiger partial charge is 0.490 e. The fraction of sp³-hybridized carbons (Fsp3) is 0.529. The third kappa shape index (κ3) is 3.84.